The molecule has 1 aliphatic heterocycles. The number of hydrogen-bond donors (Lipinski definition) is 0. The smallest absolute Gasteiger partial charge is 0.310 e. The van der Waals surface area contributed by atoms with Crippen LogP contribution in [0.15, 0.2) is 12.2 Å². The molecule has 0 aromatic rings. The third kappa shape index (κ3) is 0.904. The number of carbonyl (C=O) groups is 1. The Labute approximate surface area is 72.6 Å². The van der Waals surface area contributed by atoms with Crippen LogP contribution in [-0.4, -0.2) is 11.6 Å². The van der Waals surface area contributed by atoms with E-state index in [1.807, 2.05) is 13.8 Å². The summed E-state index contributed by atoms with van der Waals surface area (Å²) in [4.78, 5) is 11.4. The Bertz CT molecular complexity index is 253. The molecule has 2 aliphatic rings. The number of carbonyl (C=O) groups excluding carboxylic acids is 1. The van der Waals surface area contributed by atoms with Crippen LogP contribution in [-0.2, 0) is 9.53 Å². The monoisotopic (exact) mass is 166 g/mol. The van der Waals surface area contributed by atoms with Crippen LogP contribution >= 0.6 is 0 Å². The Hall–Kier alpha value is -0.790. The molecule has 0 unspecified atom stereocenters. The molecule has 2 heteroatoms. The van der Waals surface area contributed by atoms with E-state index in [0.717, 1.165) is 12.8 Å². The Morgan fingerprint density at radius 2 is 2.17 bits per heavy atom. The van der Waals surface area contributed by atoms with Gasteiger partial charge in [0.25, 0.3) is 0 Å². The van der Waals surface area contributed by atoms with Crippen molar-refractivity contribution in [3.05, 3.63) is 12.2 Å². The first-order valence-electron chi connectivity index (χ1n) is 4.40. The third-order valence-electron chi connectivity index (χ3n) is 3.06. The second kappa shape index (κ2) is 2.12. The summed E-state index contributed by atoms with van der Waals surface area (Å²) in [6.07, 6.45) is 1.80. The van der Waals surface area contributed by atoms with E-state index in [-0.39, 0.29) is 17.5 Å². The molecule has 1 saturated carbocycles. The topological polar surface area (TPSA) is 26.3 Å². The number of rotatable bonds is 0. The summed E-state index contributed by atoms with van der Waals surface area (Å²) in [7, 11) is 0. The highest BCUT2D eigenvalue weighted by molar-refractivity contribution is 5.77. The number of cyclic esters (lactones) is 1. The average molecular weight is 166 g/mol. The van der Waals surface area contributed by atoms with Crippen LogP contribution in [0.2, 0.25) is 0 Å². The summed E-state index contributed by atoms with van der Waals surface area (Å²) in [6.45, 7) is 7.92. The lowest BCUT2D eigenvalue weighted by Gasteiger charge is -2.23. The number of allylic oxidation sites excluding steroid dienone is 1. The Morgan fingerprint density at radius 3 is 2.75 bits per heavy atom. The molecule has 1 heterocycles. The zero-order valence-corrected chi connectivity index (χ0v) is 7.59. The molecule has 0 spiro atoms. The van der Waals surface area contributed by atoms with Crippen molar-refractivity contribution in [2.45, 2.75) is 32.3 Å². The van der Waals surface area contributed by atoms with E-state index in [0.29, 0.717) is 5.92 Å². The van der Waals surface area contributed by atoms with Crippen LogP contribution in [0.3, 0.4) is 0 Å². The van der Waals surface area contributed by atoms with Crippen LogP contribution < -0.4 is 0 Å². The summed E-state index contributed by atoms with van der Waals surface area (Å²) < 4.78 is 5.28. The second-order valence-electron chi connectivity index (χ2n) is 4.40. The van der Waals surface area contributed by atoms with E-state index in [9.17, 15) is 4.79 Å². The van der Waals surface area contributed by atoms with Gasteiger partial charge < -0.3 is 4.74 Å². The van der Waals surface area contributed by atoms with Gasteiger partial charge in [0.05, 0.1) is 5.92 Å². The van der Waals surface area contributed by atoms with Gasteiger partial charge in [0.2, 0.25) is 0 Å². The molecule has 2 nitrogen and oxygen atoms in total. The molecule has 1 aliphatic carbocycles. The minimum atomic E-state index is -0.263. The van der Waals surface area contributed by atoms with Gasteiger partial charge in [-0.1, -0.05) is 12.2 Å². The highest BCUT2D eigenvalue weighted by Gasteiger charge is 2.52. The molecule has 2 rings (SSSR count). The average Bonchev–Trinajstić information content (AvgIpc) is 2.37. The Kier molecular flexibility index (Phi) is 1.39. The van der Waals surface area contributed by atoms with Crippen LogP contribution in [0, 0.1) is 11.8 Å². The first kappa shape index (κ1) is 7.84. The maximum atomic E-state index is 11.4. The van der Waals surface area contributed by atoms with Gasteiger partial charge in [-0.05, 0) is 26.7 Å². The highest BCUT2D eigenvalue weighted by atomic mass is 16.6. The molecule has 0 aromatic carbocycles. The lowest BCUT2D eigenvalue weighted by Crippen LogP contribution is -2.27. The third-order valence-corrected chi connectivity index (χ3v) is 3.06. The number of esters is 1. The first-order chi connectivity index (χ1) is 5.50. The molecule has 12 heavy (non-hydrogen) atoms. The molecule has 1 saturated heterocycles. The van der Waals surface area contributed by atoms with Crippen LogP contribution in [0.4, 0.5) is 0 Å². The fourth-order valence-electron chi connectivity index (χ4n) is 2.38. The second-order valence-corrected chi connectivity index (χ2v) is 4.40. The highest BCUT2D eigenvalue weighted by Crippen LogP contribution is 2.48. The van der Waals surface area contributed by atoms with Crippen molar-refractivity contribution in [2.24, 2.45) is 11.8 Å². The molecule has 0 bridgehead atoms. The van der Waals surface area contributed by atoms with Crippen molar-refractivity contribution in [3.8, 4) is 0 Å². The SMILES string of the molecule is C=C1C[C@H]2C(=O)OC(C)(C)[C@H]2C1. The molecule has 0 radical (unpaired) electrons. The molecular weight excluding hydrogens is 152 g/mol. The molecule has 2 fully saturated rings. The lowest BCUT2D eigenvalue weighted by molar-refractivity contribution is -0.149. The van der Waals surface area contributed by atoms with E-state index >= 15 is 0 Å². The molecule has 0 N–H and O–H groups in total. The van der Waals surface area contributed by atoms with Crippen molar-refractivity contribution in [3.63, 3.8) is 0 Å². The van der Waals surface area contributed by atoms with Gasteiger partial charge in [0, 0.05) is 5.92 Å². The predicted octanol–water partition coefficient (Wildman–Crippen LogP) is 1.90. The van der Waals surface area contributed by atoms with Gasteiger partial charge >= 0.3 is 5.97 Å². The summed E-state index contributed by atoms with van der Waals surface area (Å²) in [5, 5.41) is 0. The van der Waals surface area contributed by atoms with Crippen LogP contribution in [0.1, 0.15) is 26.7 Å². The van der Waals surface area contributed by atoms with Gasteiger partial charge in [0.1, 0.15) is 5.60 Å². The van der Waals surface area contributed by atoms with E-state index in [2.05, 4.69) is 6.58 Å². The van der Waals surface area contributed by atoms with Gasteiger partial charge in [-0.15, -0.1) is 0 Å². The fraction of sp³-hybridized carbons (Fsp3) is 0.700. The van der Waals surface area contributed by atoms with Crippen molar-refractivity contribution >= 4 is 5.97 Å². The molecule has 0 aromatic heterocycles. The van der Waals surface area contributed by atoms with Crippen molar-refractivity contribution < 1.29 is 9.53 Å². The van der Waals surface area contributed by atoms with E-state index in [4.69, 9.17) is 4.74 Å². The largest absolute Gasteiger partial charge is 0.459 e. The number of fused-ring (bicyclic) bond motifs is 1. The summed E-state index contributed by atoms with van der Waals surface area (Å²) >= 11 is 0. The van der Waals surface area contributed by atoms with E-state index in [1.165, 1.54) is 5.57 Å². The van der Waals surface area contributed by atoms with Gasteiger partial charge in [-0.3, -0.25) is 4.79 Å². The number of hydrogen-bond acceptors (Lipinski definition) is 2. The standard InChI is InChI=1S/C10H14O2/c1-6-4-7-8(5-6)10(2,3)12-9(7)11/h7-8H,1,4-5H2,2-3H3/t7-,8+/m1/s1. The lowest BCUT2D eigenvalue weighted by atomic mass is 9.86. The summed E-state index contributed by atoms with van der Waals surface area (Å²) in [5.41, 5.74) is 0.941. The Balaban J connectivity index is 2.30. The zero-order chi connectivity index (χ0) is 8.93. The van der Waals surface area contributed by atoms with Gasteiger partial charge in [-0.25, -0.2) is 0 Å². The normalized spacial score (nSPS) is 38.2. The van der Waals surface area contributed by atoms with Crippen LogP contribution in [0.5, 0.6) is 0 Å². The maximum absolute atomic E-state index is 11.4. The first-order valence-corrected chi connectivity index (χ1v) is 4.40. The van der Waals surface area contributed by atoms with E-state index < -0.39 is 0 Å². The molecule has 0 amide bonds. The maximum Gasteiger partial charge on any atom is 0.310 e. The fourth-order valence-corrected chi connectivity index (χ4v) is 2.38. The van der Waals surface area contributed by atoms with Crippen molar-refractivity contribution in [2.75, 3.05) is 0 Å². The van der Waals surface area contributed by atoms with Crippen LogP contribution in [0.25, 0.3) is 0 Å². The molecule has 2 atom stereocenters. The van der Waals surface area contributed by atoms with Crippen molar-refractivity contribution in [1.29, 1.82) is 0 Å². The summed E-state index contributed by atoms with van der Waals surface area (Å²) in [5.74, 6) is 0.452. The van der Waals surface area contributed by atoms with Gasteiger partial charge in [0.15, 0.2) is 0 Å². The predicted molar refractivity (Wildman–Crippen MR) is 45.5 cm³/mol. The number of ether oxygens (including phenoxy) is 1. The minimum Gasteiger partial charge on any atom is -0.459 e. The minimum absolute atomic E-state index is 0.0244. The zero-order valence-electron chi connectivity index (χ0n) is 7.59. The molecular formula is C10H14O2. The summed E-state index contributed by atoms with van der Waals surface area (Å²) in [6, 6.07) is 0. The van der Waals surface area contributed by atoms with Gasteiger partial charge in [-0.2, -0.15) is 0 Å². The van der Waals surface area contributed by atoms with E-state index in [1.54, 1.807) is 0 Å². The molecule has 66 valence electrons. The Morgan fingerprint density at radius 1 is 1.50 bits per heavy atom. The van der Waals surface area contributed by atoms with Crippen molar-refractivity contribution in [1.82, 2.24) is 0 Å². The quantitative estimate of drug-likeness (QED) is 0.406.